The quantitative estimate of drug-likeness (QED) is 0.165. The number of hydrogen-bond donors (Lipinski definition) is 0. The molecule has 1 heterocycles. The highest BCUT2D eigenvalue weighted by Crippen LogP contribution is 2.37. The van der Waals surface area contributed by atoms with Crippen molar-refractivity contribution in [3.05, 3.63) is 121 Å². The Labute approximate surface area is 243 Å². The van der Waals surface area contributed by atoms with Gasteiger partial charge in [0.1, 0.15) is 6.61 Å². The van der Waals surface area contributed by atoms with Crippen LogP contribution in [0.4, 0.5) is 0 Å². The van der Waals surface area contributed by atoms with Crippen molar-refractivity contribution in [2.45, 2.75) is 13.5 Å². The third kappa shape index (κ3) is 6.01. The van der Waals surface area contributed by atoms with Crippen molar-refractivity contribution in [1.29, 1.82) is 0 Å². The van der Waals surface area contributed by atoms with Gasteiger partial charge in [0, 0.05) is 21.2 Å². The molecule has 0 fully saturated rings. The summed E-state index contributed by atoms with van der Waals surface area (Å²) in [6.07, 6.45) is 1.59. The molecule has 39 heavy (non-hydrogen) atoms. The van der Waals surface area contributed by atoms with Gasteiger partial charge in [0.15, 0.2) is 17.3 Å². The zero-order valence-corrected chi connectivity index (χ0v) is 23.9. The fourth-order valence-electron chi connectivity index (χ4n) is 3.98. The van der Waals surface area contributed by atoms with Crippen molar-refractivity contribution in [3.8, 4) is 22.9 Å². The predicted molar refractivity (Wildman–Crippen MR) is 161 cm³/mol. The van der Waals surface area contributed by atoms with Crippen LogP contribution < -0.4 is 15.0 Å². The smallest absolute Gasteiger partial charge is 0.282 e. The Morgan fingerprint density at radius 2 is 1.74 bits per heavy atom. The molecule has 0 spiro atoms. The molecular weight excluding hydrogens is 601 g/mol. The number of aromatic nitrogens is 2. The van der Waals surface area contributed by atoms with Crippen LogP contribution in [0.25, 0.3) is 22.3 Å². The number of nitrogens with zero attached hydrogens (tertiary/aromatic N) is 3. The standard InChI is InChI=1S/C30H22BrCl2N3O3/c1-2-38-27-15-19(14-24(31)28(27)39-18-21-12-13-22(32)16-25(21)33)17-34-36-29(20-8-4-3-5-9-20)35-26-11-7-6-10-23(26)30(36)37/h3-17H,2,18H2,1H3. The summed E-state index contributed by atoms with van der Waals surface area (Å²) in [5, 5.41) is 6.11. The Morgan fingerprint density at radius 1 is 0.974 bits per heavy atom. The summed E-state index contributed by atoms with van der Waals surface area (Å²) in [5.74, 6) is 1.49. The number of para-hydroxylation sites is 1. The van der Waals surface area contributed by atoms with E-state index < -0.39 is 0 Å². The van der Waals surface area contributed by atoms with Gasteiger partial charge in [-0.3, -0.25) is 4.79 Å². The van der Waals surface area contributed by atoms with Crippen molar-refractivity contribution < 1.29 is 9.47 Å². The highest BCUT2D eigenvalue weighted by molar-refractivity contribution is 9.10. The minimum absolute atomic E-state index is 0.223. The maximum atomic E-state index is 13.4. The molecule has 4 aromatic carbocycles. The topological polar surface area (TPSA) is 65.7 Å². The van der Waals surface area contributed by atoms with Gasteiger partial charge in [0.25, 0.3) is 5.56 Å². The molecule has 0 saturated heterocycles. The average Bonchev–Trinajstić information content (AvgIpc) is 2.93. The first-order valence-electron chi connectivity index (χ1n) is 12.1. The van der Waals surface area contributed by atoms with Gasteiger partial charge in [-0.05, 0) is 64.8 Å². The van der Waals surface area contributed by atoms with Gasteiger partial charge in [0.2, 0.25) is 0 Å². The van der Waals surface area contributed by atoms with Gasteiger partial charge in [-0.15, -0.1) is 0 Å². The molecule has 0 bridgehead atoms. The number of benzene rings is 4. The second-order valence-corrected chi connectivity index (χ2v) is 10.2. The molecule has 0 aliphatic carbocycles. The Kier molecular flexibility index (Phi) is 8.31. The molecule has 0 saturated carbocycles. The van der Waals surface area contributed by atoms with Crippen LogP contribution in [0.15, 0.2) is 99.3 Å². The molecule has 196 valence electrons. The summed E-state index contributed by atoms with van der Waals surface area (Å²) in [6, 6.07) is 25.6. The lowest BCUT2D eigenvalue weighted by atomic mass is 10.2. The zero-order chi connectivity index (χ0) is 27.4. The number of ether oxygens (including phenoxy) is 2. The zero-order valence-electron chi connectivity index (χ0n) is 20.8. The first kappa shape index (κ1) is 26.9. The number of rotatable bonds is 8. The van der Waals surface area contributed by atoms with Crippen LogP contribution in [0.5, 0.6) is 11.5 Å². The third-order valence-electron chi connectivity index (χ3n) is 5.83. The van der Waals surface area contributed by atoms with E-state index in [1.807, 2.05) is 67.6 Å². The highest BCUT2D eigenvalue weighted by atomic mass is 79.9. The number of fused-ring (bicyclic) bond motifs is 1. The minimum Gasteiger partial charge on any atom is -0.490 e. The number of hydrogen-bond acceptors (Lipinski definition) is 5. The normalized spacial score (nSPS) is 11.3. The molecule has 0 N–H and O–H groups in total. The molecule has 0 aliphatic rings. The molecule has 0 atom stereocenters. The van der Waals surface area contributed by atoms with Crippen molar-refractivity contribution in [2.24, 2.45) is 5.10 Å². The third-order valence-corrected chi connectivity index (χ3v) is 7.00. The predicted octanol–water partition coefficient (Wildman–Crippen LogP) is 7.99. The van der Waals surface area contributed by atoms with Crippen molar-refractivity contribution >= 4 is 56.2 Å². The fourth-order valence-corrected chi connectivity index (χ4v) is 5.02. The number of halogens is 3. The van der Waals surface area contributed by atoms with Gasteiger partial charge in [-0.25, -0.2) is 4.98 Å². The first-order chi connectivity index (χ1) is 18.9. The van der Waals surface area contributed by atoms with Crippen LogP contribution in [0, 0.1) is 0 Å². The van der Waals surface area contributed by atoms with Gasteiger partial charge in [0.05, 0.1) is 28.2 Å². The summed E-state index contributed by atoms with van der Waals surface area (Å²) in [6.45, 7) is 2.54. The Bertz CT molecular complexity index is 1740. The molecule has 9 heteroatoms. The first-order valence-corrected chi connectivity index (χ1v) is 13.6. The molecule has 6 nitrogen and oxygen atoms in total. The van der Waals surface area contributed by atoms with E-state index in [-0.39, 0.29) is 12.2 Å². The Hall–Kier alpha value is -3.65. The lowest BCUT2D eigenvalue weighted by molar-refractivity contribution is 0.267. The largest absolute Gasteiger partial charge is 0.490 e. The van der Waals surface area contributed by atoms with Crippen molar-refractivity contribution in [2.75, 3.05) is 6.61 Å². The molecule has 5 rings (SSSR count). The summed E-state index contributed by atoms with van der Waals surface area (Å²) >= 11 is 15.9. The van der Waals surface area contributed by atoms with Gasteiger partial charge in [-0.2, -0.15) is 9.78 Å². The van der Waals surface area contributed by atoms with Crippen LogP contribution in [0.1, 0.15) is 18.1 Å². The van der Waals surface area contributed by atoms with Crippen LogP contribution in [0.3, 0.4) is 0 Å². The van der Waals surface area contributed by atoms with Crippen LogP contribution >= 0.6 is 39.1 Å². The molecule has 0 amide bonds. The van der Waals surface area contributed by atoms with Gasteiger partial charge >= 0.3 is 0 Å². The fraction of sp³-hybridized carbons (Fsp3) is 0.100. The SMILES string of the molecule is CCOc1cc(C=Nn2c(-c3ccccc3)nc3ccccc3c2=O)cc(Br)c1OCc1ccc(Cl)cc1Cl. The van der Waals surface area contributed by atoms with E-state index in [0.717, 1.165) is 11.1 Å². The van der Waals surface area contributed by atoms with Gasteiger partial charge < -0.3 is 9.47 Å². The summed E-state index contributed by atoms with van der Waals surface area (Å²) < 4.78 is 13.9. The van der Waals surface area contributed by atoms with Crippen LogP contribution in [0.2, 0.25) is 10.0 Å². The molecule has 0 aliphatic heterocycles. The second-order valence-electron chi connectivity index (χ2n) is 8.47. The van der Waals surface area contributed by atoms with E-state index >= 15 is 0 Å². The minimum atomic E-state index is -0.264. The van der Waals surface area contributed by atoms with Crippen molar-refractivity contribution in [1.82, 2.24) is 9.66 Å². The van der Waals surface area contributed by atoms with E-state index in [0.29, 0.717) is 54.9 Å². The summed E-state index contributed by atoms with van der Waals surface area (Å²) in [7, 11) is 0. The lowest BCUT2D eigenvalue weighted by Crippen LogP contribution is -2.20. The average molecular weight is 623 g/mol. The lowest BCUT2D eigenvalue weighted by Gasteiger charge is -2.15. The highest BCUT2D eigenvalue weighted by Gasteiger charge is 2.15. The van der Waals surface area contributed by atoms with E-state index in [1.165, 1.54) is 4.68 Å². The second kappa shape index (κ2) is 12.0. The molecular formula is C30H22BrCl2N3O3. The molecule has 1 aromatic heterocycles. The monoisotopic (exact) mass is 621 g/mol. The maximum absolute atomic E-state index is 13.4. The van der Waals surface area contributed by atoms with E-state index in [9.17, 15) is 4.79 Å². The van der Waals surface area contributed by atoms with E-state index in [1.54, 1.807) is 30.5 Å². The summed E-state index contributed by atoms with van der Waals surface area (Å²) in [4.78, 5) is 18.2. The molecule has 0 unspecified atom stereocenters. The molecule has 0 radical (unpaired) electrons. The Balaban J connectivity index is 1.52. The maximum Gasteiger partial charge on any atom is 0.282 e. The Morgan fingerprint density at radius 3 is 2.51 bits per heavy atom. The van der Waals surface area contributed by atoms with Crippen LogP contribution in [-0.4, -0.2) is 22.5 Å². The summed E-state index contributed by atoms with van der Waals surface area (Å²) in [5.41, 5.74) is 2.60. The van der Waals surface area contributed by atoms with Crippen molar-refractivity contribution in [3.63, 3.8) is 0 Å². The van der Waals surface area contributed by atoms with E-state index in [2.05, 4.69) is 21.0 Å². The molecule has 5 aromatic rings. The van der Waals surface area contributed by atoms with E-state index in [4.69, 9.17) is 37.7 Å². The van der Waals surface area contributed by atoms with Gasteiger partial charge in [-0.1, -0.05) is 71.7 Å². The van der Waals surface area contributed by atoms with Crippen LogP contribution in [-0.2, 0) is 6.61 Å².